The van der Waals surface area contributed by atoms with E-state index in [2.05, 4.69) is 4.90 Å². The summed E-state index contributed by atoms with van der Waals surface area (Å²) >= 11 is 1.97. The third kappa shape index (κ3) is 4.37. The molecule has 1 saturated heterocycles. The van der Waals surface area contributed by atoms with E-state index in [0.717, 1.165) is 39.3 Å². The molecule has 3 nitrogen and oxygen atoms in total. The van der Waals surface area contributed by atoms with Crippen LogP contribution in [0.5, 0.6) is 5.75 Å². The van der Waals surface area contributed by atoms with Crippen LogP contribution >= 0.6 is 22.6 Å². The summed E-state index contributed by atoms with van der Waals surface area (Å²) in [4.78, 5) is 2.36. The Morgan fingerprint density at radius 3 is 2.83 bits per heavy atom. The van der Waals surface area contributed by atoms with Gasteiger partial charge in [0.2, 0.25) is 0 Å². The average Bonchev–Trinajstić information content (AvgIpc) is 2.40. The highest BCUT2D eigenvalue weighted by atomic mass is 127. The molecule has 0 amide bonds. The molecule has 0 atom stereocenters. The van der Waals surface area contributed by atoms with Crippen molar-refractivity contribution in [2.75, 3.05) is 39.5 Å². The van der Waals surface area contributed by atoms with Crippen LogP contribution in [0.25, 0.3) is 0 Å². The zero-order chi connectivity index (χ0) is 12.8. The summed E-state index contributed by atoms with van der Waals surface area (Å²) in [5.74, 6) is 0.385. The van der Waals surface area contributed by atoms with Crippen LogP contribution in [0.1, 0.15) is 6.42 Å². The fraction of sp³-hybridized carbons (Fsp3) is 0.538. The summed E-state index contributed by atoms with van der Waals surface area (Å²) in [6, 6.07) is 4.98. The van der Waals surface area contributed by atoms with Crippen LogP contribution in [0.4, 0.5) is 4.39 Å². The number of rotatable bonds is 5. The van der Waals surface area contributed by atoms with Gasteiger partial charge in [0.15, 0.2) is 0 Å². The lowest BCUT2D eigenvalue weighted by Gasteiger charge is -2.26. The first-order valence-electron chi connectivity index (χ1n) is 6.13. The Balaban J connectivity index is 1.66. The molecule has 0 N–H and O–H groups in total. The molecule has 1 fully saturated rings. The van der Waals surface area contributed by atoms with E-state index in [1.54, 1.807) is 12.1 Å². The predicted octanol–water partition coefficient (Wildman–Crippen LogP) is 2.53. The van der Waals surface area contributed by atoms with Gasteiger partial charge >= 0.3 is 0 Å². The lowest BCUT2D eigenvalue weighted by molar-refractivity contribution is 0.0358. The molecule has 0 saturated carbocycles. The second-order valence-corrected chi connectivity index (χ2v) is 5.39. The van der Waals surface area contributed by atoms with Crippen LogP contribution < -0.4 is 4.74 Å². The number of benzene rings is 1. The Hall–Kier alpha value is -0.400. The maximum atomic E-state index is 13.3. The zero-order valence-corrected chi connectivity index (χ0v) is 12.4. The van der Waals surface area contributed by atoms with E-state index >= 15 is 0 Å². The molecular formula is C13H17FINO2. The van der Waals surface area contributed by atoms with Gasteiger partial charge in [-0.05, 0) is 41.1 Å². The van der Waals surface area contributed by atoms with Gasteiger partial charge < -0.3 is 9.47 Å². The van der Waals surface area contributed by atoms with Gasteiger partial charge in [-0.1, -0.05) is 0 Å². The smallest absolute Gasteiger partial charge is 0.140 e. The van der Waals surface area contributed by atoms with Gasteiger partial charge in [-0.15, -0.1) is 0 Å². The molecule has 1 aliphatic rings. The van der Waals surface area contributed by atoms with Gasteiger partial charge in [-0.25, -0.2) is 4.39 Å². The van der Waals surface area contributed by atoms with Crippen molar-refractivity contribution in [1.82, 2.24) is 4.90 Å². The van der Waals surface area contributed by atoms with Crippen molar-refractivity contribution in [2.24, 2.45) is 0 Å². The minimum Gasteiger partial charge on any atom is -0.493 e. The number of nitrogens with zero attached hydrogens (tertiary/aromatic N) is 1. The molecule has 1 heterocycles. The first-order chi connectivity index (χ1) is 8.75. The molecule has 0 spiro atoms. The van der Waals surface area contributed by atoms with Gasteiger partial charge in [0.25, 0.3) is 0 Å². The zero-order valence-electron chi connectivity index (χ0n) is 10.2. The first-order valence-corrected chi connectivity index (χ1v) is 7.21. The van der Waals surface area contributed by atoms with Crippen molar-refractivity contribution < 1.29 is 13.9 Å². The standard InChI is InChI=1S/C13H17FINO2/c14-12-10-11(2-3-13(12)15)18-7-1-4-16-5-8-17-9-6-16/h2-3,10H,1,4-9H2. The molecule has 100 valence electrons. The van der Waals surface area contributed by atoms with Crippen LogP contribution in [-0.2, 0) is 4.74 Å². The summed E-state index contributed by atoms with van der Waals surface area (Å²) in [5, 5.41) is 0. The molecule has 0 bridgehead atoms. The van der Waals surface area contributed by atoms with Crippen LogP contribution in [0.2, 0.25) is 0 Å². The van der Waals surface area contributed by atoms with Gasteiger partial charge in [0.1, 0.15) is 11.6 Å². The molecule has 18 heavy (non-hydrogen) atoms. The van der Waals surface area contributed by atoms with Gasteiger partial charge in [0.05, 0.1) is 19.8 Å². The monoisotopic (exact) mass is 365 g/mol. The number of hydrogen-bond acceptors (Lipinski definition) is 3. The molecular weight excluding hydrogens is 348 g/mol. The molecule has 5 heteroatoms. The third-order valence-corrected chi connectivity index (χ3v) is 3.76. The lowest BCUT2D eigenvalue weighted by atomic mass is 10.3. The van der Waals surface area contributed by atoms with E-state index in [1.165, 1.54) is 6.07 Å². The number of halogens is 2. The predicted molar refractivity (Wildman–Crippen MR) is 76.5 cm³/mol. The van der Waals surface area contributed by atoms with Gasteiger partial charge in [0, 0.05) is 29.3 Å². The largest absolute Gasteiger partial charge is 0.493 e. The van der Waals surface area contributed by atoms with E-state index in [0.29, 0.717) is 15.9 Å². The maximum absolute atomic E-state index is 13.3. The molecule has 0 radical (unpaired) electrons. The van der Waals surface area contributed by atoms with Crippen molar-refractivity contribution >= 4 is 22.6 Å². The van der Waals surface area contributed by atoms with E-state index < -0.39 is 0 Å². The topological polar surface area (TPSA) is 21.7 Å². The van der Waals surface area contributed by atoms with Crippen molar-refractivity contribution in [3.63, 3.8) is 0 Å². The average molecular weight is 365 g/mol. The van der Waals surface area contributed by atoms with E-state index in [1.807, 2.05) is 22.6 Å². The Bertz CT molecular complexity index is 383. The van der Waals surface area contributed by atoms with Crippen molar-refractivity contribution in [2.45, 2.75) is 6.42 Å². The Morgan fingerprint density at radius 1 is 1.33 bits per heavy atom. The van der Waals surface area contributed by atoms with Crippen molar-refractivity contribution in [3.05, 3.63) is 27.6 Å². The molecule has 0 aliphatic carbocycles. The third-order valence-electron chi connectivity index (χ3n) is 2.88. The highest BCUT2D eigenvalue weighted by molar-refractivity contribution is 14.1. The van der Waals surface area contributed by atoms with Gasteiger partial charge in [-0.3, -0.25) is 4.90 Å². The quantitative estimate of drug-likeness (QED) is 0.591. The number of ether oxygens (including phenoxy) is 2. The summed E-state index contributed by atoms with van der Waals surface area (Å²) < 4.78 is 24.7. The molecule has 1 aromatic carbocycles. The summed E-state index contributed by atoms with van der Waals surface area (Å²) in [7, 11) is 0. The Morgan fingerprint density at radius 2 is 2.11 bits per heavy atom. The number of morpholine rings is 1. The van der Waals surface area contributed by atoms with E-state index in [4.69, 9.17) is 9.47 Å². The first kappa shape index (κ1) is 14.0. The highest BCUT2D eigenvalue weighted by Crippen LogP contribution is 2.18. The second kappa shape index (κ2) is 7.25. The normalized spacial score (nSPS) is 16.8. The molecule has 2 rings (SSSR count). The van der Waals surface area contributed by atoms with Crippen LogP contribution in [0.3, 0.4) is 0 Å². The molecule has 1 aromatic rings. The highest BCUT2D eigenvalue weighted by Gasteiger charge is 2.09. The summed E-state index contributed by atoms with van der Waals surface area (Å²) in [6.45, 7) is 5.27. The van der Waals surface area contributed by atoms with Crippen LogP contribution in [-0.4, -0.2) is 44.4 Å². The lowest BCUT2D eigenvalue weighted by Crippen LogP contribution is -2.37. The molecule has 1 aliphatic heterocycles. The summed E-state index contributed by atoms with van der Waals surface area (Å²) in [6.07, 6.45) is 0.952. The fourth-order valence-electron chi connectivity index (χ4n) is 1.87. The van der Waals surface area contributed by atoms with E-state index in [-0.39, 0.29) is 5.82 Å². The maximum Gasteiger partial charge on any atom is 0.140 e. The van der Waals surface area contributed by atoms with Gasteiger partial charge in [-0.2, -0.15) is 0 Å². The Labute approximate surface area is 120 Å². The minimum absolute atomic E-state index is 0.221. The fourth-order valence-corrected chi connectivity index (χ4v) is 2.21. The number of hydrogen-bond donors (Lipinski definition) is 0. The molecule has 0 aromatic heterocycles. The second-order valence-electron chi connectivity index (χ2n) is 4.23. The van der Waals surface area contributed by atoms with Crippen LogP contribution in [0, 0.1) is 9.39 Å². The van der Waals surface area contributed by atoms with Crippen molar-refractivity contribution in [3.8, 4) is 5.75 Å². The van der Waals surface area contributed by atoms with E-state index in [9.17, 15) is 4.39 Å². The SMILES string of the molecule is Fc1cc(OCCCN2CCOCC2)ccc1I. The Kier molecular flexibility index (Phi) is 5.65. The summed E-state index contributed by atoms with van der Waals surface area (Å²) in [5.41, 5.74) is 0. The van der Waals surface area contributed by atoms with Crippen molar-refractivity contribution in [1.29, 1.82) is 0 Å². The van der Waals surface area contributed by atoms with Crippen LogP contribution in [0.15, 0.2) is 18.2 Å². The minimum atomic E-state index is -0.221. The molecule has 0 unspecified atom stereocenters.